The molecule has 0 spiro atoms. The van der Waals surface area contributed by atoms with E-state index in [1.54, 1.807) is 18.2 Å². The van der Waals surface area contributed by atoms with E-state index in [2.05, 4.69) is 4.90 Å². The first-order chi connectivity index (χ1) is 9.38. The lowest BCUT2D eigenvalue weighted by molar-refractivity contribution is 0.100. The molecular weight excluding hydrogens is 256 g/mol. The molecule has 5 N–H and O–H groups in total. The fourth-order valence-corrected chi connectivity index (χ4v) is 2.78. The molecule has 1 aliphatic heterocycles. The highest BCUT2D eigenvalue weighted by Gasteiger charge is 2.33. The Hall–Kier alpha value is -1.79. The third kappa shape index (κ3) is 3.02. The van der Waals surface area contributed by atoms with Crippen molar-refractivity contribution in [2.75, 3.05) is 37.8 Å². The summed E-state index contributed by atoms with van der Waals surface area (Å²) in [6.07, 6.45) is 0.271. The van der Waals surface area contributed by atoms with Crippen molar-refractivity contribution in [3.63, 3.8) is 0 Å². The zero-order chi connectivity index (χ0) is 14.9. The first kappa shape index (κ1) is 14.6. The average Bonchev–Trinajstić information content (AvgIpc) is 2.68. The van der Waals surface area contributed by atoms with Gasteiger partial charge >= 0.3 is 0 Å². The van der Waals surface area contributed by atoms with Crippen molar-refractivity contribution >= 4 is 17.3 Å². The average molecular weight is 278 g/mol. The number of amides is 1. The van der Waals surface area contributed by atoms with Gasteiger partial charge in [-0.1, -0.05) is 0 Å². The van der Waals surface area contributed by atoms with E-state index in [0.29, 0.717) is 29.9 Å². The summed E-state index contributed by atoms with van der Waals surface area (Å²) in [5, 5.41) is 9.94. The minimum absolute atomic E-state index is 0.139. The van der Waals surface area contributed by atoms with Gasteiger partial charge in [-0.3, -0.25) is 4.79 Å². The van der Waals surface area contributed by atoms with Crippen LogP contribution in [0.15, 0.2) is 18.2 Å². The quantitative estimate of drug-likeness (QED) is 0.667. The smallest absolute Gasteiger partial charge is 0.250 e. The number of benzene rings is 1. The van der Waals surface area contributed by atoms with E-state index in [9.17, 15) is 9.90 Å². The normalized spacial score (nSPS) is 22.5. The molecular formula is C14H22N4O2. The Bertz CT molecular complexity index is 504. The molecule has 6 nitrogen and oxygen atoms in total. The van der Waals surface area contributed by atoms with Gasteiger partial charge in [-0.2, -0.15) is 0 Å². The second kappa shape index (κ2) is 5.68. The van der Waals surface area contributed by atoms with Crippen molar-refractivity contribution in [1.29, 1.82) is 0 Å². The SMILES string of the molecule is CN(C)CC1CC(O)CN1c1cc(N)ccc1C(N)=O. The zero-order valence-corrected chi connectivity index (χ0v) is 11.9. The van der Waals surface area contributed by atoms with E-state index in [-0.39, 0.29) is 6.04 Å². The number of nitrogen functional groups attached to an aromatic ring is 1. The molecule has 0 bridgehead atoms. The lowest BCUT2D eigenvalue weighted by Gasteiger charge is -2.30. The largest absolute Gasteiger partial charge is 0.399 e. The summed E-state index contributed by atoms with van der Waals surface area (Å²) < 4.78 is 0. The molecule has 20 heavy (non-hydrogen) atoms. The fraction of sp³-hybridized carbons (Fsp3) is 0.500. The Balaban J connectivity index is 2.37. The van der Waals surface area contributed by atoms with E-state index >= 15 is 0 Å². The molecule has 1 aromatic rings. The molecule has 1 heterocycles. The number of aliphatic hydroxyl groups is 1. The maximum Gasteiger partial charge on any atom is 0.250 e. The molecule has 2 atom stereocenters. The van der Waals surface area contributed by atoms with Crippen LogP contribution in [-0.2, 0) is 0 Å². The molecule has 1 saturated heterocycles. The number of anilines is 2. The number of carbonyl (C=O) groups excluding carboxylic acids is 1. The Morgan fingerprint density at radius 1 is 1.50 bits per heavy atom. The van der Waals surface area contributed by atoms with Crippen molar-refractivity contribution in [3.8, 4) is 0 Å². The van der Waals surface area contributed by atoms with E-state index in [1.165, 1.54) is 0 Å². The second-order valence-electron chi connectivity index (χ2n) is 5.60. The predicted molar refractivity (Wildman–Crippen MR) is 79.7 cm³/mol. The number of hydrogen-bond acceptors (Lipinski definition) is 5. The minimum atomic E-state index is -0.481. The summed E-state index contributed by atoms with van der Waals surface area (Å²) in [6, 6.07) is 5.20. The molecule has 0 radical (unpaired) electrons. The minimum Gasteiger partial charge on any atom is -0.399 e. The standard InChI is InChI=1S/C14H22N4O2/c1-17(2)7-10-6-11(19)8-18(10)13-5-9(15)3-4-12(13)14(16)20/h3-5,10-11,19H,6-8,15H2,1-2H3,(H2,16,20). The first-order valence-corrected chi connectivity index (χ1v) is 6.67. The van der Waals surface area contributed by atoms with E-state index < -0.39 is 12.0 Å². The monoisotopic (exact) mass is 278 g/mol. The van der Waals surface area contributed by atoms with Crippen LogP contribution in [0.1, 0.15) is 16.8 Å². The van der Waals surface area contributed by atoms with E-state index in [4.69, 9.17) is 11.5 Å². The van der Waals surface area contributed by atoms with Crippen LogP contribution in [0.4, 0.5) is 11.4 Å². The van der Waals surface area contributed by atoms with Crippen molar-refractivity contribution in [2.24, 2.45) is 5.73 Å². The van der Waals surface area contributed by atoms with Gasteiger partial charge in [0.2, 0.25) is 0 Å². The topological polar surface area (TPSA) is 95.8 Å². The first-order valence-electron chi connectivity index (χ1n) is 6.67. The summed E-state index contributed by atoms with van der Waals surface area (Å²) in [5.41, 5.74) is 13.0. The third-order valence-electron chi connectivity index (χ3n) is 3.56. The number of rotatable bonds is 4. The van der Waals surface area contributed by atoms with Gasteiger partial charge in [-0.05, 0) is 38.7 Å². The van der Waals surface area contributed by atoms with Crippen LogP contribution < -0.4 is 16.4 Å². The van der Waals surface area contributed by atoms with E-state index in [0.717, 1.165) is 6.54 Å². The summed E-state index contributed by atoms with van der Waals surface area (Å²) in [5.74, 6) is -0.481. The van der Waals surface area contributed by atoms with Gasteiger partial charge in [0.25, 0.3) is 5.91 Å². The Morgan fingerprint density at radius 3 is 2.80 bits per heavy atom. The number of nitrogens with zero attached hydrogens (tertiary/aromatic N) is 2. The highest BCUT2D eigenvalue weighted by Crippen LogP contribution is 2.30. The van der Waals surface area contributed by atoms with Crippen LogP contribution in [0.5, 0.6) is 0 Å². The summed E-state index contributed by atoms with van der Waals surface area (Å²) in [6.45, 7) is 1.28. The number of carbonyl (C=O) groups is 1. The molecule has 1 amide bonds. The molecule has 110 valence electrons. The van der Waals surface area contributed by atoms with Crippen LogP contribution in [0, 0.1) is 0 Å². The third-order valence-corrected chi connectivity index (χ3v) is 3.56. The number of β-amino-alcohol motifs (C(OH)–C–C–N with tert-alkyl or cyclic N) is 1. The van der Waals surface area contributed by atoms with Gasteiger partial charge in [0, 0.05) is 24.8 Å². The molecule has 6 heteroatoms. The Morgan fingerprint density at radius 2 is 2.20 bits per heavy atom. The van der Waals surface area contributed by atoms with Crippen LogP contribution >= 0.6 is 0 Å². The maximum atomic E-state index is 11.6. The molecule has 1 aliphatic rings. The van der Waals surface area contributed by atoms with Gasteiger partial charge in [0.05, 0.1) is 17.4 Å². The second-order valence-corrected chi connectivity index (χ2v) is 5.60. The van der Waals surface area contributed by atoms with Gasteiger partial charge in [-0.15, -0.1) is 0 Å². The van der Waals surface area contributed by atoms with Crippen LogP contribution in [0.2, 0.25) is 0 Å². The Kier molecular flexibility index (Phi) is 4.15. The highest BCUT2D eigenvalue weighted by molar-refractivity contribution is 5.99. The van der Waals surface area contributed by atoms with Crippen molar-refractivity contribution in [1.82, 2.24) is 4.90 Å². The molecule has 0 saturated carbocycles. The molecule has 1 aromatic carbocycles. The molecule has 0 aromatic heterocycles. The van der Waals surface area contributed by atoms with Gasteiger partial charge in [0.1, 0.15) is 0 Å². The summed E-state index contributed by atoms with van der Waals surface area (Å²) in [7, 11) is 3.97. The van der Waals surface area contributed by atoms with Crippen molar-refractivity contribution < 1.29 is 9.90 Å². The predicted octanol–water partition coefficient (Wildman–Crippen LogP) is -0.131. The fourth-order valence-electron chi connectivity index (χ4n) is 2.78. The van der Waals surface area contributed by atoms with Crippen LogP contribution in [0.25, 0.3) is 0 Å². The summed E-state index contributed by atoms with van der Waals surface area (Å²) in [4.78, 5) is 15.7. The molecule has 1 fully saturated rings. The van der Waals surface area contributed by atoms with Crippen LogP contribution in [-0.4, -0.2) is 55.2 Å². The number of primary amides is 1. The maximum absolute atomic E-state index is 11.6. The molecule has 0 aliphatic carbocycles. The zero-order valence-electron chi connectivity index (χ0n) is 11.9. The van der Waals surface area contributed by atoms with Gasteiger partial charge < -0.3 is 26.4 Å². The summed E-state index contributed by atoms with van der Waals surface area (Å²) >= 11 is 0. The number of nitrogens with two attached hydrogens (primary N) is 2. The van der Waals surface area contributed by atoms with Crippen LogP contribution in [0.3, 0.4) is 0 Å². The number of aliphatic hydroxyl groups excluding tert-OH is 1. The van der Waals surface area contributed by atoms with Gasteiger partial charge in [-0.25, -0.2) is 0 Å². The van der Waals surface area contributed by atoms with Gasteiger partial charge in [0.15, 0.2) is 0 Å². The number of likely N-dealkylation sites (N-methyl/N-ethyl adjacent to an activating group) is 1. The van der Waals surface area contributed by atoms with Crippen molar-refractivity contribution in [2.45, 2.75) is 18.6 Å². The molecule has 2 rings (SSSR count). The lowest BCUT2D eigenvalue weighted by Crippen LogP contribution is -2.38. The Labute approximate surface area is 119 Å². The van der Waals surface area contributed by atoms with E-state index in [1.807, 2.05) is 19.0 Å². The molecule has 2 unspecified atom stereocenters. The highest BCUT2D eigenvalue weighted by atomic mass is 16.3. The number of hydrogen-bond donors (Lipinski definition) is 3. The lowest BCUT2D eigenvalue weighted by atomic mass is 10.1. The van der Waals surface area contributed by atoms with Crippen molar-refractivity contribution in [3.05, 3.63) is 23.8 Å².